The van der Waals surface area contributed by atoms with Gasteiger partial charge in [0.1, 0.15) is 6.33 Å². The van der Waals surface area contributed by atoms with E-state index in [9.17, 15) is 10.1 Å². The summed E-state index contributed by atoms with van der Waals surface area (Å²) in [4.78, 5) is 17.5. The smallest absolute Gasteiger partial charge is 0.374 e. The lowest BCUT2D eigenvalue weighted by Crippen LogP contribution is -2.27. The number of hydrogen-bond acceptors (Lipinski definition) is 7. The summed E-state index contributed by atoms with van der Waals surface area (Å²) < 4.78 is 5.26. The lowest BCUT2D eigenvalue weighted by Gasteiger charge is -2.19. The van der Waals surface area contributed by atoms with Crippen molar-refractivity contribution in [3.63, 3.8) is 0 Å². The van der Waals surface area contributed by atoms with Gasteiger partial charge in [0.2, 0.25) is 5.82 Å². The van der Waals surface area contributed by atoms with Crippen LogP contribution in [0.1, 0.15) is 13.8 Å². The van der Waals surface area contributed by atoms with Crippen molar-refractivity contribution in [3.8, 4) is 18.2 Å². The van der Waals surface area contributed by atoms with Crippen LogP contribution in [0.5, 0.6) is 5.88 Å². The lowest BCUT2D eigenvalue weighted by atomic mass is 10.1. The summed E-state index contributed by atoms with van der Waals surface area (Å²) in [5, 5.41) is 10.9. The second kappa shape index (κ2) is 4.63. The van der Waals surface area contributed by atoms with Crippen molar-refractivity contribution >= 4 is 11.5 Å². The highest BCUT2D eigenvalue weighted by Crippen LogP contribution is 2.32. The van der Waals surface area contributed by atoms with Crippen LogP contribution in [-0.2, 0) is 0 Å². The summed E-state index contributed by atoms with van der Waals surface area (Å²) in [6.07, 6.45) is 6.31. The zero-order chi connectivity index (χ0) is 13.1. The molecule has 1 heterocycles. The Kier molecular flexibility index (Phi) is 3.45. The second-order valence-corrected chi connectivity index (χ2v) is 3.53. The van der Waals surface area contributed by atoms with E-state index in [1.165, 1.54) is 0 Å². The number of nitrogens with two attached hydrogens (primary N) is 1. The Hall–Kier alpha value is -2.40. The number of nitrogen functional groups attached to an aromatic ring is 1. The van der Waals surface area contributed by atoms with Crippen LogP contribution in [-0.4, -0.2) is 20.5 Å². The molecule has 1 aromatic heterocycles. The molecule has 0 radical (unpaired) electrons. The van der Waals surface area contributed by atoms with Crippen LogP contribution in [0, 0.1) is 22.5 Å². The molecule has 0 unspecified atom stereocenters. The van der Waals surface area contributed by atoms with E-state index in [1.807, 2.05) is 0 Å². The maximum atomic E-state index is 10.9. The zero-order valence-corrected chi connectivity index (χ0v) is 9.30. The largest absolute Gasteiger partial charge is 0.453 e. The molecule has 17 heavy (non-hydrogen) atoms. The number of nitrogens with zero attached hydrogens (tertiary/aromatic N) is 3. The summed E-state index contributed by atoms with van der Waals surface area (Å²) in [5.74, 6) is 7.07. The minimum Gasteiger partial charge on any atom is -0.453 e. The molecule has 0 saturated carbocycles. The number of hydrazine groups is 1. The Morgan fingerprint density at radius 2 is 2.29 bits per heavy atom. The number of rotatable bonds is 4. The van der Waals surface area contributed by atoms with Gasteiger partial charge in [-0.05, 0) is 13.8 Å². The van der Waals surface area contributed by atoms with Crippen molar-refractivity contribution in [2.24, 2.45) is 5.84 Å². The molecule has 3 N–H and O–H groups in total. The van der Waals surface area contributed by atoms with Crippen LogP contribution in [0.15, 0.2) is 6.33 Å². The first-order chi connectivity index (χ1) is 7.91. The van der Waals surface area contributed by atoms with E-state index in [-0.39, 0.29) is 11.7 Å². The van der Waals surface area contributed by atoms with Crippen molar-refractivity contribution in [3.05, 3.63) is 16.4 Å². The minimum atomic E-state index is -1.02. The molecule has 0 amide bonds. The van der Waals surface area contributed by atoms with Crippen LogP contribution in [0.25, 0.3) is 0 Å². The van der Waals surface area contributed by atoms with Crippen LogP contribution >= 0.6 is 0 Å². The molecule has 0 atom stereocenters. The maximum absolute atomic E-state index is 10.9. The molecule has 0 saturated heterocycles. The van der Waals surface area contributed by atoms with Crippen molar-refractivity contribution in [2.45, 2.75) is 19.4 Å². The molecule has 0 fully saturated rings. The summed E-state index contributed by atoms with van der Waals surface area (Å²) in [7, 11) is 0. The topological polar surface area (TPSA) is 116 Å². The third-order valence-corrected chi connectivity index (χ3v) is 1.81. The normalized spacial score (nSPS) is 10.5. The molecule has 0 aliphatic heterocycles. The molecule has 1 aromatic rings. The summed E-state index contributed by atoms with van der Waals surface area (Å²) >= 11 is 0. The molecular weight excluding hydrogens is 226 g/mol. The van der Waals surface area contributed by atoms with E-state index in [1.54, 1.807) is 13.8 Å². The first-order valence-corrected chi connectivity index (χ1v) is 4.54. The van der Waals surface area contributed by atoms with Gasteiger partial charge in [-0.3, -0.25) is 10.1 Å². The molecule has 8 heteroatoms. The van der Waals surface area contributed by atoms with Crippen LogP contribution < -0.4 is 16.0 Å². The van der Waals surface area contributed by atoms with Gasteiger partial charge in [0.25, 0.3) is 0 Å². The third kappa shape index (κ3) is 2.79. The molecule has 0 aromatic carbocycles. The van der Waals surface area contributed by atoms with Crippen LogP contribution in [0.3, 0.4) is 0 Å². The number of nitro groups is 1. The fourth-order valence-corrected chi connectivity index (χ4v) is 0.979. The van der Waals surface area contributed by atoms with Crippen molar-refractivity contribution in [2.75, 3.05) is 5.43 Å². The predicted octanol–water partition coefficient (Wildman–Crippen LogP) is 0.461. The molecule has 0 aliphatic carbocycles. The quantitative estimate of drug-likeness (QED) is 0.338. The SMILES string of the molecule is C#CC(C)(C)Oc1ncnc(NN)c1[N+](=O)[O-]. The minimum absolute atomic E-state index is 0.146. The Morgan fingerprint density at radius 3 is 2.76 bits per heavy atom. The van der Waals surface area contributed by atoms with Crippen LogP contribution in [0.2, 0.25) is 0 Å². The Morgan fingerprint density at radius 1 is 1.65 bits per heavy atom. The van der Waals surface area contributed by atoms with Crippen molar-refractivity contribution < 1.29 is 9.66 Å². The highest BCUT2D eigenvalue weighted by Gasteiger charge is 2.28. The maximum Gasteiger partial charge on any atom is 0.374 e. The molecule has 8 nitrogen and oxygen atoms in total. The number of terminal acetylenes is 1. The second-order valence-electron chi connectivity index (χ2n) is 3.53. The molecule has 0 aliphatic rings. The number of ether oxygens (including phenoxy) is 1. The average molecular weight is 237 g/mol. The van der Waals surface area contributed by atoms with Gasteiger partial charge >= 0.3 is 11.6 Å². The number of nitrogens with one attached hydrogen (secondary N) is 1. The van der Waals surface area contributed by atoms with E-state index >= 15 is 0 Å². The monoisotopic (exact) mass is 237 g/mol. The highest BCUT2D eigenvalue weighted by atomic mass is 16.6. The molecule has 90 valence electrons. The van der Waals surface area contributed by atoms with Crippen LogP contribution in [0.4, 0.5) is 11.5 Å². The highest BCUT2D eigenvalue weighted by molar-refractivity contribution is 5.60. The first kappa shape index (κ1) is 12.7. The van der Waals surface area contributed by atoms with E-state index < -0.39 is 16.2 Å². The number of hydrogen-bond donors (Lipinski definition) is 2. The third-order valence-electron chi connectivity index (χ3n) is 1.81. The first-order valence-electron chi connectivity index (χ1n) is 4.54. The Bertz CT molecular complexity index is 480. The Balaban J connectivity index is 3.25. The van der Waals surface area contributed by atoms with Crippen molar-refractivity contribution in [1.82, 2.24) is 9.97 Å². The van der Waals surface area contributed by atoms with Gasteiger partial charge in [-0.25, -0.2) is 10.8 Å². The van der Waals surface area contributed by atoms with Crippen molar-refractivity contribution in [1.29, 1.82) is 0 Å². The standard InChI is InChI=1S/C9H11N5O3/c1-4-9(2,3)17-8-6(14(15)16)7(13-10)11-5-12-8/h1,5H,10H2,2-3H3,(H,11,12,13). The average Bonchev–Trinajstić information content (AvgIpc) is 2.27. The fourth-order valence-electron chi connectivity index (χ4n) is 0.979. The van der Waals surface area contributed by atoms with E-state index in [0.29, 0.717) is 0 Å². The van der Waals surface area contributed by atoms with Gasteiger partial charge in [0.15, 0.2) is 5.60 Å². The molecule has 0 bridgehead atoms. The molecule has 0 spiro atoms. The van der Waals surface area contributed by atoms with Gasteiger partial charge in [-0.2, -0.15) is 4.98 Å². The summed E-state index contributed by atoms with van der Waals surface area (Å²) in [5.41, 5.74) is 0.614. The predicted molar refractivity (Wildman–Crippen MR) is 60.0 cm³/mol. The summed E-state index contributed by atoms with van der Waals surface area (Å²) in [6.45, 7) is 3.16. The molecular formula is C9H11N5O3. The van der Waals surface area contributed by atoms with Gasteiger partial charge in [-0.15, -0.1) is 6.42 Å². The summed E-state index contributed by atoms with van der Waals surface area (Å²) in [6, 6.07) is 0. The van der Waals surface area contributed by atoms with Gasteiger partial charge in [0, 0.05) is 0 Å². The van der Waals surface area contributed by atoms with Gasteiger partial charge in [-0.1, -0.05) is 5.92 Å². The number of aromatic nitrogens is 2. The van der Waals surface area contributed by atoms with E-state index in [0.717, 1.165) is 6.33 Å². The Labute approximate surface area is 97.3 Å². The van der Waals surface area contributed by atoms with Gasteiger partial charge in [0.05, 0.1) is 4.92 Å². The van der Waals surface area contributed by atoms with E-state index in [4.69, 9.17) is 17.0 Å². The fraction of sp³-hybridized carbons (Fsp3) is 0.333. The molecule has 1 rings (SSSR count). The zero-order valence-electron chi connectivity index (χ0n) is 9.30. The van der Waals surface area contributed by atoms with Gasteiger partial charge < -0.3 is 10.2 Å². The van der Waals surface area contributed by atoms with E-state index in [2.05, 4.69) is 21.3 Å². The number of anilines is 1. The lowest BCUT2D eigenvalue weighted by molar-refractivity contribution is -0.385.